The zero-order valence-corrected chi connectivity index (χ0v) is 17.0. The molecule has 0 radical (unpaired) electrons. The average Bonchev–Trinajstić information content (AvgIpc) is 3.11. The van der Waals surface area contributed by atoms with Crippen LogP contribution in [-0.4, -0.2) is 24.5 Å². The molecule has 0 bridgehead atoms. The molecule has 0 saturated heterocycles. The van der Waals surface area contributed by atoms with Gasteiger partial charge < -0.3 is 9.88 Å². The largest absolute Gasteiger partial charge is 0.416 e. The third kappa shape index (κ3) is 4.27. The lowest BCUT2D eigenvalue weighted by atomic mass is 10.1. The molecule has 1 aromatic carbocycles. The fraction of sp³-hybridized carbons (Fsp3) is 0.238. The summed E-state index contributed by atoms with van der Waals surface area (Å²) in [6.45, 7) is 2.63. The summed E-state index contributed by atoms with van der Waals surface area (Å²) in [5, 5.41) is 2.99. The summed E-state index contributed by atoms with van der Waals surface area (Å²) in [4.78, 5) is 37.3. The Morgan fingerprint density at radius 3 is 2.62 bits per heavy atom. The van der Waals surface area contributed by atoms with Gasteiger partial charge in [0.15, 0.2) is 11.2 Å². The first-order valence-corrected chi connectivity index (χ1v) is 9.85. The lowest BCUT2D eigenvalue weighted by Crippen LogP contribution is -2.23. The number of imidazole rings is 1. The SMILES string of the molecule is CCCn1c(-c2ccc(NCc3cccc(C(F)(F)F)c3)nc2)nc2[nH]c(=O)[nH]c(=O)c21. The normalized spacial score (nSPS) is 11.8. The molecular weight excluding hydrogens is 425 g/mol. The number of benzene rings is 1. The zero-order chi connectivity index (χ0) is 22.9. The van der Waals surface area contributed by atoms with E-state index < -0.39 is 23.0 Å². The summed E-state index contributed by atoms with van der Waals surface area (Å²) in [6.07, 6.45) is -2.11. The maximum Gasteiger partial charge on any atom is 0.416 e. The smallest absolute Gasteiger partial charge is 0.366 e. The van der Waals surface area contributed by atoms with Gasteiger partial charge >= 0.3 is 11.9 Å². The minimum Gasteiger partial charge on any atom is -0.366 e. The van der Waals surface area contributed by atoms with Gasteiger partial charge in [-0.05, 0) is 36.2 Å². The number of nitrogens with zero attached hydrogens (tertiary/aromatic N) is 3. The first-order valence-electron chi connectivity index (χ1n) is 9.85. The second-order valence-electron chi connectivity index (χ2n) is 7.18. The van der Waals surface area contributed by atoms with Gasteiger partial charge in [0.1, 0.15) is 11.6 Å². The highest BCUT2D eigenvalue weighted by molar-refractivity contribution is 5.76. The summed E-state index contributed by atoms with van der Waals surface area (Å²) >= 11 is 0. The Balaban J connectivity index is 1.59. The van der Waals surface area contributed by atoms with Crippen LogP contribution in [0.15, 0.2) is 52.2 Å². The van der Waals surface area contributed by atoms with Crippen molar-refractivity contribution in [3.63, 3.8) is 0 Å². The first-order chi connectivity index (χ1) is 15.3. The van der Waals surface area contributed by atoms with Crippen molar-refractivity contribution in [2.75, 3.05) is 5.32 Å². The topological polar surface area (TPSA) is 108 Å². The van der Waals surface area contributed by atoms with E-state index in [1.165, 1.54) is 6.07 Å². The summed E-state index contributed by atoms with van der Waals surface area (Å²) in [5.41, 5.74) is -0.311. The molecule has 0 spiro atoms. The van der Waals surface area contributed by atoms with Gasteiger partial charge in [0.25, 0.3) is 5.56 Å². The molecule has 0 unspecified atom stereocenters. The molecule has 0 saturated carbocycles. The number of hydrogen-bond acceptors (Lipinski definition) is 5. The summed E-state index contributed by atoms with van der Waals surface area (Å²) in [7, 11) is 0. The van der Waals surface area contributed by atoms with Gasteiger partial charge in [-0.15, -0.1) is 0 Å². The number of pyridine rings is 1. The number of aromatic nitrogens is 5. The Hall–Kier alpha value is -3.89. The van der Waals surface area contributed by atoms with Crippen molar-refractivity contribution in [3.05, 3.63) is 74.6 Å². The van der Waals surface area contributed by atoms with E-state index in [-0.39, 0.29) is 17.7 Å². The fourth-order valence-corrected chi connectivity index (χ4v) is 3.41. The highest BCUT2D eigenvalue weighted by Crippen LogP contribution is 2.29. The van der Waals surface area contributed by atoms with Crippen molar-refractivity contribution in [3.8, 4) is 11.4 Å². The van der Waals surface area contributed by atoms with Gasteiger partial charge in [0.2, 0.25) is 0 Å². The number of H-pyrrole nitrogens is 2. The Kier molecular flexibility index (Phi) is 5.56. The van der Waals surface area contributed by atoms with Gasteiger partial charge in [-0.25, -0.2) is 14.8 Å². The van der Waals surface area contributed by atoms with Crippen molar-refractivity contribution in [2.24, 2.45) is 0 Å². The van der Waals surface area contributed by atoms with E-state index in [0.29, 0.717) is 29.3 Å². The number of fused-ring (bicyclic) bond motifs is 1. The second kappa shape index (κ2) is 8.33. The van der Waals surface area contributed by atoms with Crippen molar-refractivity contribution in [1.82, 2.24) is 24.5 Å². The fourth-order valence-electron chi connectivity index (χ4n) is 3.41. The predicted octanol–water partition coefficient (Wildman–Crippen LogP) is 3.52. The van der Waals surface area contributed by atoms with Crippen LogP contribution in [0.4, 0.5) is 19.0 Å². The molecule has 166 valence electrons. The van der Waals surface area contributed by atoms with E-state index in [4.69, 9.17) is 0 Å². The van der Waals surface area contributed by atoms with Crippen LogP contribution in [0.1, 0.15) is 24.5 Å². The third-order valence-electron chi connectivity index (χ3n) is 4.84. The molecule has 0 atom stereocenters. The number of halogens is 3. The van der Waals surface area contributed by atoms with Crippen molar-refractivity contribution >= 4 is 17.0 Å². The summed E-state index contributed by atoms with van der Waals surface area (Å²) < 4.78 is 40.3. The molecule has 0 aliphatic carbocycles. The first kappa shape index (κ1) is 21.3. The predicted molar refractivity (Wildman–Crippen MR) is 113 cm³/mol. The van der Waals surface area contributed by atoms with Crippen LogP contribution >= 0.6 is 0 Å². The van der Waals surface area contributed by atoms with Crippen LogP contribution in [-0.2, 0) is 19.3 Å². The van der Waals surface area contributed by atoms with E-state index in [9.17, 15) is 22.8 Å². The summed E-state index contributed by atoms with van der Waals surface area (Å²) in [6, 6.07) is 8.49. The maximum absolute atomic E-state index is 12.9. The highest BCUT2D eigenvalue weighted by atomic mass is 19.4. The van der Waals surface area contributed by atoms with E-state index in [1.54, 1.807) is 29.0 Å². The van der Waals surface area contributed by atoms with Crippen molar-refractivity contribution in [1.29, 1.82) is 0 Å². The van der Waals surface area contributed by atoms with Crippen LogP contribution in [0.25, 0.3) is 22.6 Å². The minimum atomic E-state index is -4.40. The standard InChI is InChI=1S/C21H19F3N6O2/c1-2-8-30-16-17(28-20(32)29-19(16)31)27-18(30)13-6-7-15(26-11-13)25-10-12-4-3-5-14(9-12)21(22,23)24/h3-7,9,11H,2,8,10H2,1H3,(H,25,26)(H2,28,29,31,32). The van der Waals surface area contributed by atoms with Gasteiger partial charge in [-0.2, -0.15) is 13.2 Å². The number of hydrogen-bond donors (Lipinski definition) is 3. The number of alkyl halides is 3. The van der Waals surface area contributed by atoms with E-state index in [2.05, 4.69) is 25.3 Å². The lowest BCUT2D eigenvalue weighted by molar-refractivity contribution is -0.137. The molecule has 0 amide bonds. The van der Waals surface area contributed by atoms with Crippen LogP contribution < -0.4 is 16.6 Å². The van der Waals surface area contributed by atoms with Gasteiger partial charge in [0.05, 0.1) is 5.56 Å². The third-order valence-corrected chi connectivity index (χ3v) is 4.84. The van der Waals surface area contributed by atoms with E-state index >= 15 is 0 Å². The van der Waals surface area contributed by atoms with E-state index in [1.807, 2.05) is 6.92 Å². The lowest BCUT2D eigenvalue weighted by Gasteiger charge is -2.10. The number of aryl methyl sites for hydroxylation is 1. The van der Waals surface area contributed by atoms with Crippen LogP contribution in [0.5, 0.6) is 0 Å². The van der Waals surface area contributed by atoms with Gasteiger partial charge in [-0.1, -0.05) is 19.1 Å². The molecule has 3 aromatic heterocycles. The monoisotopic (exact) mass is 444 g/mol. The van der Waals surface area contributed by atoms with Crippen LogP contribution in [0.3, 0.4) is 0 Å². The van der Waals surface area contributed by atoms with Crippen molar-refractivity contribution < 1.29 is 13.2 Å². The van der Waals surface area contributed by atoms with Crippen LogP contribution in [0, 0.1) is 0 Å². The molecule has 32 heavy (non-hydrogen) atoms. The molecule has 8 nitrogen and oxygen atoms in total. The number of anilines is 1. The minimum absolute atomic E-state index is 0.168. The number of nitrogens with one attached hydrogen (secondary N) is 3. The molecule has 0 aliphatic heterocycles. The molecular formula is C21H19F3N6O2. The molecule has 0 fully saturated rings. The Bertz CT molecular complexity index is 1370. The quantitative estimate of drug-likeness (QED) is 0.422. The average molecular weight is 444 g/mol. The zero-order valence-electron chi connectivity index (χ0n) is 17.0. The molecule has 0 aliphatic rings. The highest BCUT2D eigenvalue weighted by Gasteiger charge is 2.30. The molecule has 3 heterocycles. The number of rotatable bonds is 6. The van der Waals surface area contributed by atoms with Gasteiger partial charge in [-0.3, -0.25) is 14.8 Å². The molecule has 4 aromatic rings. The molecule has 3 N–H and O–H groups in total. The second-order valence-corrected chi connectivity index (χ2v) is 7.18. The van der Waals surface area contributed by atoms with Crippen LogP contribution in [0.2, 0.25) is 0 Å². The van der Waals surface area contributed by atoms with Crippen molar-refractivity contribution in [2.45, 2.75) is 32.6 Å². The Morgan fingerprint density at radius 2 is 1.94 bits per heavy atom. The molecule has 4 rings (SSSR count). The Labute approximate surface area is 179 Å². The maximum atomic E-state index is 12.9. The van der Waals surface area contributed by atoms with Gasteiger partial charge in [0, 0.05) is 24.8 Å². The summed E-state index contributed by atoms with van der Waals surface area (Å²) in [5.74, 6) is 0.946. The Morgan fingerprint density at radius 1 is 1.12 bits per heavy atom. The number of aromatic amines is 2. The van der Waals surface area contributed by atoms with E-state index in [0.717, 1.165) is 18.6 Å². The molecule has 11 heteroatoms.